The molecule has 33 heavy (non-hydrogen) atoms. The van der Waals surface area contributed by atoms with Gasteiger partial charge in [-0.3, -0.25) is 4.79 Å². The number of nitrogens with zero attached hydrogens (tertiary/aromatic N) is 5. The number of aryl methyl sites for hydroxylation is 2. The molecule has 0 unspecified atom stereocenters. The number of aromatic nitrogens is 5. The Morgan fingerprint density at radius 2 is 1.97 bits per heavy atom. The van der Waals surface area contributed by atoms with E-state index in [0.29, 0.717) is 49.1 Å². The number of rotatable bonds is 11. The van der Waals surface area contributed by atoms with Crippen LogP contribution in [0.4, 0.5) is 4.39 Å². The first-order valence-electron chi connectivity index (χ1n) is 11.5. The van der Waals surface area contributed by atoms with Gasteiger partial charge in [0.25, 0.3) is 0 Å². The SMILES string of the molecule is CSc1nnc(CCCNC(=O)CCCc2nc(-c3ccc(F)cc3)no2)n1C1CCCC1. The number of thioether (sulfide) groups is 1. The van der Waals surface area contributed by atoms with E-state index in [1.54, 1.807) is 23.9 Å². The van der Waals surface area contributed by atoms with Crippen LogP contribution in [0.1, 0.15) is 62.7 Å². The van der Waals surface area contributed by atoms with Crippen LogP contribution < -0.4 is 5.32 Å². The first-order chi connectivity index (χ1) is 16.1. The van der Waals surface area contributed by atoms with Crippen molar-refractivity contribution in [3.63, 3.8) is 0 Å². The molecule has 2 aromatic heterocycles. The van der Waals surface area contributed by atoms with Gasteiger partial charge in [0.15, 0.2) is 5.16 Å². The first-order valence-corrected chi connectivity index (χ1v) is 12.7. The molecule has 176 valence electrons. The van der Waals surface area contributed by atoms with Crippen molar-refractivity contribution in [1.29, 1.82) is 0 Å². The van der Waals surface area contributed by atoms with Crippen LogP contribution in [-0.2, 0) is 17.6 Å². The molecule has 0 bridgehead atoms. The Bertz CT molecular complexity index is 1050. The molecule has 1 saturated carbocycles. The fourth-order valence-electron chi connectivity index (χ4n) is 4.18. The van der Waals surface area contributed by atoms with E-state index in [1.165, 1.54) is 37.8 Å². The summed E-state index contributed by atoms with van der Waals surface area (Å²) in [4.78, 5) is 16.5. The zero-order chi connectivity index (χ0) is 23.0. The van der Waals surface area contributed by atoms with Gasteiger partial charge in [0.2, 0.25) is 17.6 Å². The molecule has 1 aliphatic carbocycles. The summed E-state index contributed by atoms with van der Waals surface area (Å²) in [5.74, 6) is 1.61. The standard InChI is InChI=1S/C23H29FN6O2S/c1-33-23-28-27-19(30(23)18-6-2-3-7-18)8-5-15-25-20(31)9-4-10-21-26-22(29-32-21)16-11-13-17(24)14-12-16/h11-14,18H,2-10,15H2,1H3,(H,25,31). The van der Waals surface area contributed by atoms with Gasteiger partial charge in [-0.05, 0) is 56.2 Å². The molecule has 1 aromatic carbocycles. The fraction of sp³-hybridized carbons (Fsp3) is 0.522. The Morgan fingerprint density at radius 3 is 2.73 bits per heavy atom. The molecule has 2 heterocycles. The second kappa shape index (κ2) is 11.4. The summed E-state index contributed by atoms with van der Waals surface area (Å²) in [5, 5.41) is 16.6. The summed E-state index contributed by atoms with van der Waals surface area (Å²) in [6.07, 6.45) is 10.1. The van der Waals surface area contributed by atoms with E-state index in [0.717, 1.165) is 23.8 Å². The molecule has 1 fully saturated rings. The average molecular weight is 473 g/mol. The minimum Gasteiger partial charge on any atom is -0.356 e. The molecule has 1 aliphatic rings. The normalized spacial score (nSPS) is 14.1. The lowest BCUT2D eigenvalue weighted by atomic mass is 10.2. The van der Waals surface area contributed by atoms with Crippen molar-refractivity contribution in [1.82, 2.24) is 30.2 Å². The molecular weight excluding hydrogens is 443 g/mol. The first kappa shape index (κ1) is 23.4. The number of halogens is 1. The number of benzene rings is 1. The average Bonchev–Trinajstić information content (AvgIpc) is 3.57. The van der Waals surface area contributed by atoms with Crippen molar-refractivity contribution in [2.75, 3.05) is 12.8 Å². The fourth-order valence-corrected chi connectivity index (χ4v) is 4.76. The number of amides is 1. The maximum atomic E-state index is 13.0. The van der Waals surface area contributed by atoms with Crippen molar-refractivity contribution in [2.45, 2.75) is 69.0 Å². The summed E-state index contributed by atoms with van der Waals surface area (Å²) in [5.41, 5.74) is 0.692. The van der Waals surface area contributed by atoms with Gasteiger partial charge in [-0.2, -0.15) is 4.98 Å². The monoisotopic (exact) mass is 472 g/mol. The van der Waals surface area contributed by atoms with E-state index < -0.39 is 0 Å². The number of carbonyl (C=O) groups is 1. The summed E-state index contributed by atoms with van der Waals surface area (Å²) in [6, 6.07) is 6.44. The van der Waals surface area contributed by atoms with E-state index in [2.05, 4.69) is 30.2 Å². The van der Waals surface area contributed by atoms with E-state index >= 15 is 0 Å². The maximum absolute atomic E-state index is 13.0. The van der Waals surface area contributed by atoms with Crippen LogP contribution in [0.15, 0.2) is 33.9 Å². The quantitative estimate of drug-likeness (QED) is 0.327. The van der Waals surface area contributed by atoms with E-state index in [4.69, 9.17) is 4.52 Å². The van der Waals surface area contributed by atoms with Crippen molar-refractivity contribution < 1.29 is 13.7 Å². The Kier molecular flexibility index (Phi) is 8.09. The van der Waals surface area contributed by atoms with Crippen LogP contribution in [0, 0.1) is 5.82 Å². The third-order valence-corrected chi connectivity index (χ3v) is 6.52. The minimum atomic E-state index is -0.311. The second-order valence-electron chi connectivity index (χ2n) is 8.24. The van der Waals surface area contributed by atoms with Gasteiger partial charge in [0, 0.05) is 37.4 Å². The lowest BCUT2D eigenvalue weighted by Gasteiger charge is -2.16. The molecule has 0 spiro atoms. The number of nitrogens with one attached hydrogen (secondary N) is 1. The topological polar surface area (TPSA) is 98.7 Å². The van der Waals surface area contributed by atoms with E-state index in [9.17, 15) is 9.18 Å². The van der Waals surface area contributed by atoms with Gasteiger partial charge in [-0.1, -0.05) is 29.8 Å². The summed E-state index contributed by atoms with van der Waals surface area (Å²) < 4.78 is 20.6. The largest absolute Gasteiger partial charge is 0.356 e. The van der Waals surface area contributed by atoms with Gasteiger partial charge in [-0.25, -0.2) is 4.39 Å². The van der Waals surface area contributed by atoms with Crippen LogP contribution >= 0.6 is 11.8 Å². The lowest BCUT2D eigenvalue weighted by molar-refractivity contribution is -0.121. The predicted molar refractivity (Wildman–Crippen MR) is 123 cm³/mol. The highest BCUT2D eigenvalue weighted by atomic mass is 32.2. The van der Waals surface area contributed by atoms with E-state index in [1.807, 2.05) is 6.26 Å². The number of carbonyl (C=O) groups excluding carboxylic acids is 1. The van der Waals surface area contributed by atoms with Crippen LogP contribution in [-0.4, -0.2) is 43.6 Å². The minimum absolute atomic E-state index is 0.00957. The van der Waals surface area contributed by atoms with Crippen molar-refractivity contribution in [3.8, 4) is 11.4 Å². The number of hydrogen-bond donors (Lipinski definition) is 1. The maximum Gasteiger partial charge on any atom is 0.226 e. The second-order valence-corrected chi connectivity index (χ2v) is 9.01. The van der Waals surface area contributed by atoms with Crippen molar-refractivity contribution >= 4 is 17.7 Å². The Hall–Kier alpha value is -2.75. The highest BCUT2D eigenvalue weighted by Gasteiger charge is 2.23. The summed E-state index contributed by atoms with van der Waals surface area (Å²) in [6.45, 7) is 0.611. The molecule has 4 rings (SSSR count). The third-order valence-electron chi connectivity index (χ3n) is 5.87. The summed E-state index contributed by atoms with van der Waals surface area (Å²) in [7, 11) is 0. The summed E-state index contributed by atoms with van der Waals surface area (Å²) >= 11 is 1.64. The molecule has 10 heteroatoms. The molecule has 0 aliphatic heterocycles. The smallest absolute Gasteiger partial charge is 0.226 e. The molecule has 0 atom stereocenters. The van der Waals surface area contributed by atoms with Crippen molar-refractivity contribution in [2.24, 2.45) is 0 Å². The van der Waals surface area contributed by atoms with Gasteiger partial charge in [-0.15, -0.1) is 10.2 Å². The number of hydrogen-bond acceptors (Lipinski definition) is 7. The Balaban J connectivity index is 1.16. The van der Waals surface area contributed by atoms with Gasteiger partial charge < -0.3 is 14.4 Å². The lowest BCUT2D eigenvalue weighted by Crippen LogP contribution is -2.25. The molecule has 1 amide bonds. The molecule has 0 radical (unpaired) electrons. The van der Waals surface area contributed by atoms with Crippen LogP contribution in [0.3, 0.4) is 0 Å². The molecule has 0 saturated heterocycles. The molecular formula is C23H29FN6O2S. The molecule has 3 aromatic rings. The zero-order valence-corrected chi connectivity index (χ0v) is 19.6. The van der Waals surface area contributed by atoms with Gasteiger partial charge in [0.05, 0.1) is 0 Å². The Morgan fingerprint density at radius 1 is 1.18 bits per heavy atom. The van der Waals surface area contributed by atoms with Crippen LogP contribution in [0.2, 0.25) is 0 Å². The van der Waals surface area contributed by atoms with Crippen molar-refractivity contribution in [3.05, 3.63) is 41.8 Å². The third kappa shape index (κ3) is 6.19. The van der Waals surface area contributed by atoms with Gasteiger partial charge in [0.1, 0.15) is 11.6 Å². The zero-order valence-electron chi connectivity index (χ0n) is 18.8. The Labute approximate surface area is 196 Å². The van der Waals surface area contributed by atoms with Crippen LogP contribution in [0.5, 0.6) is 0 Å². The van der Waals surface area contributed by atoms with Crippen LogP contribution in [0.25, 0.3) is 11.4 Å². The molecule has 8 nitrogen and oxygen atoms in total. The highest BCUT2D eigenvalue weighted by Crippen LogP contribution is 2.33. The molecule has 1 N–H and O–H groups in total. The van der Waals surface area contributed by atoms with Gasteiger partial charge >= 0.3 is 0 Å². The predicted octanol–water partition coefficient (Wildman–Crippen LogP) is 4.38. The van der Waals surface area contributed by atoms with E-state index in [-0.39, 0.29) is 11.7 Å². The highest BCUT2D eigenvalue weighted by molar-refractivity contribution is 7.98.